The van der Waals surface area contributed by atoms with Gasteiger partial charge in [0.2, 0.25) is 5.91 Å². The number of imidazole rings is 1. The smallest absolute Gasteiger partial charge is 0.246 e. The minimum atomic E-state index is 0.0390. The molecule has 1 aromatic heterocycles. The quantitative estimate of drug-likeness (QED) is 0.407. The van der Waals surface area contributed by atoms with Crippen molar-refractivity contribution in [1.82, 2.24) is 24.7 Å². The number of nitrogens with zero attached hydrogens (tertiary/aromatic N) is 5. The number of amides is 1. The summed E-state index contributed by atoms with van der Waals surface area (Å²) in [6.07, 6.45) is 11.8. The van der Waals surface area contributed by atoms with Crippen LogP contribution in [0.5, 0.6) is 0 Å². The zero-order valence-electron chi connectivity index (χ0n) is 21.9. The third-order valence-corrected chi connectivity index (χ3v) is 8.27. The second-order valence-corrected chi connectivity index (χ2v) is 10.6. The maximum Gasteiger partial charge on any atom is 0.246 e. The number of anilines is 1. The molecule has 3 heterocycles. The zero-order valence-corrected chi connectivity index (χ0v) is 21.9. The zero-order chi connectivity index (χ0) is 25.8. The Balaban J connectivity index is 1.14. The van der Waals surface area contributed by atoms with Gasteiger partial charge in [-0.1, -0.05) is 12.8 Å². The van der Waals surface area contributed by atoms with Crippen molar-refractivity contribution in [3.63, 3.8) is 0 Å². The molecular formula is C26H41N9O2. The maximum absolute atomic E-state index is 12.3. The molecule has 202 valence electrons. The standard InChI is InChI=1S/C26H41N9O2/c1-33-24(18(14-27)15-28)32-23-25(33)29-17-30-26(23)35-11-9-34(10-12-35)20-7-4-8-21(13-20)37-16-22(36)31-19-5-2-3-6-19/h14-15,19-21,27,29H,2-13,16-17,28H2,1H3,(H,31,36)/b18-15+,27-14?. The van der Waals surface area contributed by atoms with Crippen LogP contribution in [0, 0.1) is 5.41 Å². The van der Waals surface area contributed by atoms with Crippen molar-refractivity contribution in [2.45, 2.75) is 69.6 Å². The Morgan fingerprint density at radius 2 is 1.97 bits per heavy atom. The lowest BCUT2D eigenvalue weighted by Crippen LogP contribution is -2.54. The first kappa shape index (κ1) is 25.7. The molecule has 3 fully saturated rings. The van der Waals surface area contributed by atoms with Crippen molar-refractivity contribution in [2.75, 3.05) is 44.8 Å². The summed E-state index contributed by atoms with van der Waals surface area (Å²) in [5.74, 6) is 2.52. The molecule has 2 unspecified atom stereocenters. The van der Waals surface area contributed by atoms with E-state index in [0.29, 0.717) is 30.1 Å². The highest BCUT2D eigenvalue weighted by molar-refractivity contribution is 6.09. The van der Waals surface area contributed by atoms with Gasteiger partial charge >= 0.3 is 0 Å². The van der Waals surface area contributed by atoms with Gasteiger partial charge in [-0.2, -0.15) is 0 Å². The molecule has 37 heavy (non-hydrogen) atoms. The number of aromatic nitrogens is 2. The van der Waals surface area contributed by atoms with Crippen LogP contribution in [0.1, 0.15) is 62.9 Å². The largest absolute Gasteiger partial charge is 0.404 e. The van der Waals surface area contributed by atoms with Gasteiger partial charge in [-0.25, -0.2) is 9.98 Å². The summed E-state index contributed by atoms with van der Waals surface area (Å²) >= 11 is 0. The highest BCUT2D eigenvalue weighted by Crippen LogP contribution is 2.28. The number of hydrogen-bond donors (Lipinski definition) is 4. The Hall–Kier alpha value is -2.92. The molecule has 5 rings (SSSR count). The highest BCUT2D eigenvalue weighted by Gasteiger charge is 2.33. The second kappa shape index (κ2) is 11.6. The third-order valence-electron chi connectivity index (χ3n) is 8.27. The Morgan fingerprint density at radius 3 is 2.70 bits per heavy atom. The predicted octanol–water partition coefficient (Wildman–Crippen LogP) is 1.50. The molecule has 5 N–H and O–H groups in total. The molecule has 2 saturated carbocycles. The molecule has 1 saturated heterocycles. The van der Waals surface area contributed by atoms with E-state index in [9.17, 15) is 4.79 Å². The van der Waals surface area contributed by atoms with E-state index in [-0.39, 0.29) is 18.6 Å². The van der Waals surface area contributed by atoms with Crippen LogP contribution in [0.25, 0.3) is 5.57 Å². The monoisotopic (exact) mass is 511 g/mol. The first-order valence-electron chi connectivity index (χ1n) is 13.8. The minimum Gasteiger partial charge on any atom is -0.404 e. The van der Waals surface area contributed by atoms with Crippen LogP contribution in [-0.4, -0.2) is 95.0 Å². The van der Waals surface area contributed by atoms with Crippen LogP contribution in [0.3, 0.4) is 0 Å². The molecule has 2 aliphatic carbocycles. The molecule has 2 atom stereocenters. The van der Waals surface area contributed by atoms with E-state index in [2.05, 4.69) is 20.4 Å². The normalized spacial score (nSPS) is 25.4. The van der Waals surface area contributed by atoms with Crippen molar-refractivity contribution in [2.24, 2.45) is 17.8 Å². The van der Waals surface area contributed by atoms with Gasteiger partial charge in [0.25, 0.3) is 0 Å². The predicted molar refractivity (Wildman–Crippen MR) is 145 cm³/mol. The SMILES string of the molecule is Cn1c(/C(C=N)=C/N)nc2c1NCN=C2N1CCN(C2CCCC(OCC(=O)NC3CCCC3)C2)CC1. The van der Waals surface area contributed by atoms with Gasteiger partial charge in [0.1, 0.15) is 30.6 Å². The van der Waals surface area contributed by atoms with Gasteiger partial charge in [-0.05, 0) is 38.5 Å². The molecule has 1 aromatic rings. The van der Waals surface area contributed by atoms with Crippen molar-refractivity contribution in [1.29, 1.82) is 5.41 Å². The number of nitrogens with two attached hydrogens (primary N) is 1. The number of fused-ring (bicyclic) bond motifs is 1. The van der Waals surface area contributed by atoms with Crippen molar-refractivity contribution in [3.05, 3.63) is 17.7 Å². The Labute approximate surface area is 219 Å². The average Bonchev–Trinajstić information content (AvgIpc) is 3.56. The van der Waals surface area contributed by atoms with E-state index in [1.54, 1.807) is 0 Å². The summed E-state index contributed by atoms with van der Waals surface area (Å²) < 4.78 is 8.01. The molecule has 11 heteroatoms. The molecule has 0 radical (unpaired) electrons. The van der Waals surface area contributed by atoms with E-state index in [1.165, 1.54) is 31.7 Å². The summed E-state index contributed by atoms with van der Waals surface area (Å²) in [6.45, 7) is 4.40. The fraction of sp³-hybridized carbons (Fsp3) is 0.692. The van der Waals surface area contributed by atoms with E-state index >= 15 is 0 Å². The Bertz CT molecular complexity index is 1040. The van der Waals surface area contributed by atoms with E-state index in [4.69, 9.17) is 25.9 Å². The molecule has 0 bridgehead atoms. The molecule has 0 spiro atoms. The summed E-state index contributed by atoms with van der Waals surface area (Å²) in [5, 5.41) is 14.1. The lowest BCUT2D eigenvalue weighted by Gasteiger charge is -2.43. The summed E-state index contributed by atoms with van der Waals surface area (Å²) in [6, 6.07) is 0.843. The van der Waals surface area contributed by atoms with Gasteiger partial charge in [0, 0.05) is 57.7 Å². The number of aliphatic imine (C=N–C) groups is 1. The number of nitrogens with one attached hydrogen (secondary N) is 3. The highest BCUT2D eigenvalue weighted by atomic mass is 16.5. The van der Waals surface area contributed by atoms with Crippen LogP contribution in [0.15, 0.2) is 11.2 Å². The van der Waals surface area contributed by atoms with E-state index < -0.39 is 0 Å². The van der Waals surface area contributed by atoms with Crippen LogP contribution in [-0.2, 0) is 16.6 Å². The number of carbonyl (C=O) groups excluding carboxylic acids is 1. The number of hydrogen-bond acceptors (Lipinski definition) is 9. The Morgan fingerprint density at radius 1 is 1.19 bits per heavy atom. The lowest BCUT2D eigenvalue weighted by molar-refractivity contribution is -0.129. The van der Waals surface area contributed by atoms with Gasteiger partial charge in [-0.15, -0.1) is 0 Å². The van der Waals surface area contributed by atoms with Crippen LogP contribution in [0.2, 0.25) is 0 Å². The summed E-state index contributed by atoms with van der Waals surface area (Å²) in [5.41, 5.74) is 7.12. The fourth-order valence-electron chi connectivity index (χ4n) is 6.25. The lowest BCUT2D eigenvalue weighted by atomic mass is 9.91. The molecule has 0 aromatic carbocycles. The maximum atomic E-state index is 12.3. The number of allylic oxidation sites excluding steroid dienone is 1. The second-order valence-electron chi connectivity index (χ2n) is 10.6. The minimum absolute atomic E-state index is 0.0390. The van der Waals surface area contributed by atoms with Crippen molar-refractivity contribution < 1.29 is 9.53 Å². The number of amidine groups is 1. The number of ether oxygens (including phenoxy) is 1. The summed E-state index contributed by atoms with van der Waals surface area (Å²) in [7, 11) is 1.93. The topological polar surface area (TPSA) is 137 Å². The molecular weight excluding hydrogens is 470 g/mol. The van der Waals surface area contributed by atoms with Gasteiger partial charge in [-0.3, -0.25) is 9.69 Å². The van der Waals surface area contributed by atoms with Crippen LogP contribution >= 0.6 is 0 Å². The van der Waals surface area contributed by atoms with E-state index in [1.807, 2.05) is 11.6 Å². The van der Waals surface area contributed by atoms with Gasteiger partial charge in [0.15, 0.2) is 5.84 Å². The fourth-order valence-corrected chi connectivity index (χ4v) is 6.25. The average molecular weight is 512 g/mol. The van der Waals surface area contributed by atoms with Gasteiger partial charge < -0.3 is 36.0 Å². The molecule has 11 nitrogen and oxygen atoms in total. The number of carbonyl (C=O) groups is 1. The Kier molecular flexibility index (Phi) is 8.09. The molecule has 2 aliphatic heterocycles. The van der Waals surface area contributed by atoms with Crippen molar-refractivity contribution >= 4 is 29.3 Å². The number of rotatable bonds is 7. The first-order chi connectivity index (χ1) is 18.1. The van der Waals surface area contributed by atoms with E-state index in [0.717, 1.165) is 75.6 Å². The van der Waals surface area contributed by atoms with Crippen LogP contribution < -0.4 is 16.4 Å². The molecule has 1 amide bonds. The third kappa shape index (κ3) is 5.67. The van der Waals surface area contributed by atoms with Crippen LogP contribution in [0.4, 0.5) is 5.82 Å². The van der Waals surface area contributed by atoms with Crippen molar-refractivity contribution in [3.8, 4) is 0 Å². The number of piperazine rings is 1. The van der Waals surface area contributed by atoms with Gasteiger partial charge in [0.05, 0.1) is 11.7 Å². The first-order valence-corrected chi connectivity index (χ1v) is 13.8. The summed E-state index contributed by atoms with van der Waals surface area (Å²) in [4.78, 5) is 26.8. The molecule has 4 aliphatic rings.